The van der Waals surface area contributed by atoms with Crippen LogP contribution in [0.4, 0.5) is 0 Å². The summed E-state index contributed by atoms with van der Waals surface area (Å²) in [7, 11) is 1.94. The number of nitrogens with zero attached hydrogens (tertiary/aromatic N) is 5. The van der Waals surface area contributed by atoms with E-state index < -0.39 is 5.91 Å². The van der Waals surface area contributed by atoms with Crippen LogP contribution in [0, 0.1) is 6.92 Å². The molecule has 0 aliphatic rings. The second kappa shape index (κ2) is 7.99. The van der Waals surface area contributed by atoms with Gasteiger partial charge in [0.25, 0.3) is 5.91 Å². The Kier molecular flexibility index (Phi) is 4.77. The number of nitrogens with two attached hydrogens (primary N) is 1. The van der Waals surface area contributed by atoms with Gasteiger partial charge in [-0.15, -0.1) is 0 Å². The molecule has 0 fully saturated rings. The maximum absolute atomic E-state index is 11.5. The summed E-state index contributed by atoms with van der Waals surface area (Å²) in [5.74, 6) is -0.526. The lowest BCUT2D eigenvalue weighted by molar-refractivity contribution is 0.0995. The van der Waals surface area contributed by atoms with Gasteiger partial charge in [-0.2, -0.15) is 10.2 Å². The molecule has 0 saturated heterocycles. The fraction of sp³-hybridized carbons (Fsp3) is 0.107. The lowest BCUT2D eigenvalue weighted by Crippen LogP contribution is -2.12. The number of benzene rings is 3. The first kappa shape index (κ1) is 20.9. The number of hydrogen-bond acceptors (Lipinski definition) is 3. The average molecular weight is 461 g/mol. The maximum Gasteiger partial charge on any atom is 0.269 e. The molecule has 3 aromatic carbocycles. The van der Waals surface area contributed by atoms with Gasteiger partial charge in [-0.25, -0.2) is 4.68 Å². The SMILES string of the molecule is Cc1cc(C(N)=O)nn1-c1ccc2c(ccn2Cc2ccc(-c3ccc4cn(C)nc4c3)cc2)c1. The van der Waals surface area contributed by atoms with Crippen LogP contribution in [0.3, 0.4) is 0 Å². The van der Waals surface area contributed by atoms with Gasteiger partial charge in [-0.05, 0) is 60.0 Å². The lowest BCUT2D eigenvalue weighted by atomic mass is 10.0. The number of carbonyl (C=O) groups excluding carboxylic acids is 1. The van der Waals surface area contributed by atoms with Crippen LogP contribution in [0.1, 0.15) is 21.7 Å². The van der Waals surface area contributed by atoms with E-state index in [2.05, 4.69) is 81.6 Å². The van der Waals surface area contributed by atoms with Gasteiger partial charge in [-0.3, -0.25) is 9.48 Å². The van der Waals surface area contributed by atoms with Crippen LogP contribution < -0.4 is 5.73 Å². The second-order valence-electron chi connectivity index (χ2n) is 8.91. The van der Waals surface area contributed by atoms with Crippen LogP contribution in [0.15, 0.2) is 85.2 Å². The quantitative estimate of drug-likeness (QED) is 0.400. The molecule has 35 heavy (non-hydrogen) atoms. The van der Waals surface area contributed by atoms with Gasteiger partial charge in [0.05, 0.1) is 11.2 Å². The summed E-state index contributed by atoms with van der Waals surface area (Å²) in [5, 5.41) is 11.1. The van der Waals surface area contributed by atoms with Crippen molar-refractivity contribution in [3.8, 4) is 16.8 Å². The Hall–Kier alpha value is -4.65. The number of hydrogen-bond donors (Lipinski definition) is 1. The third-order valence-corrected chi connectivity index (χ3v) is 6.40. The smallest absolute Gasteiger partial charge is 0.269 e. The van der Waals surface area contributed by atoms with E-state index in [-0.39, 0.29) is 5.69 Å². The molecule has 0 unspecified atom stereocenters. The van der Waals surface area contributed by atoms with Gasteiger partial charge >= 0.3 is 0 Å². The van der Waals surface area contributed by atoms with Gasteiger partial charge in [-0.1, -0.05) is 36.4 Å². The largest absolute Gasteiger partial charge is 0.364 e. The number of aryl methyl sites for hydroxylation is 2. The molecule has 0 saturated carbocycles. The number of amides is 1. The lowest BCUT2D eigenvalue weighted by Gasteiger charge is -2.09. The molecule has 0 aliphatic carbocycles. The van der Waals surface area contributed by atoms with Crippen LogP contribution in [-0.4, -0.2) is 30.0 Å². The van der Waals surface area contributed by atoms with Crippen molar-refractivity contribution in [1.82, 2.24) is 24.1 Å². The van der Waals surface area contributed by atoms with Crippen molar-refractivity contribution in [3.05, 3.63) is 102 Å². The fourth-order valence-electron chi connectivity index (χ4n) is 4.63. The minimum atomic E-state index is -0.526. The molecule has 0 bridgehead atoms. The van der Waals surface area contributed by atoms with Crippen molar-refractivity contribution in [1.29, 1.82) is 0 Å². The summed E-state index contributed by atoms with van der Waals surface area (Å²) in [4.78, 5) is 11.5. The van der Waals surface area contributed by atoms with Gasteiger partial charge in [0, 0.05) is 48.0 Å². The highest BCUT2D eigenvalue weighted by molar-refractivity contribution is 5.91. The molecule has 0 aliphatic heterocycles. The summed E-state index contributed by atoms with van der Waals surface area (Å²) in [6.45, 7) is 2.68. The van der Waals surface area contributed by atoms with Crippen molar-refractivity contribution in [2.45, 2.75) is 13.5 Å². The predicted molar refractivity (Wildman–Crippen MR) is 138 cm³/mol. The normalized spacial score (nSPS) is 11.5. The van der Waals surface area contributed by atoms with Crippen molar-refractivity contribution in [3.63, 3.8) is 0 Å². The minimum absolute atomic E-state index is 0.267. The summed E-state index contributed by atoms with van der Waals surface area (Å²) in [6.07, 6.45) is 4.13. The first-order valence-corrected chi connectivity index (χ1v) is 11.4. The molecule has 6 rings (SSSR count). The Labute approximate surface area is 202 Å². The number of primary amides is 1. The molecular weight excluding hydrogens is 436 g/mol. The van der Waals surface area contributed by atoms with Gasteiger partial charge < -0.3 is 10.3 Å². The van der Waals surface area contributed by atoms with E-state index in [1.165, 1.54) is 11.1 Å². The zero-order chi connectivity index (χ0) is 24.1. The summed E-state index contributed by atoms with van der Waals surface area (Å²) in [6, 6.07) is 25.1. The highest BCUT2D eigenvalue weighted by Crippen LogP contribution is 2.26. The first-order valence-electron chi connectivity index (χ1n) is 11.4. The van der Waals surface area contributed by atoms with Gasteiger partial charge in [0.2, 0.25) is 0 Å². The van der Waals surface area contributed by atoms with Gasteiger partial charge in [0.1, 0.15) is 0 Å². The molecule has 3 aromatic heterocycles. The fourth-order valence-corrected chi connectivity index (χ4v) is 4.63. The number of aromatic nitrogens is 5. The highest BCUT2D eigenvalue weighted by Gasteiger charge is 2.12. The molecule has 172 valence electrons. The highest BCUT2D eigenvalue weighted by atomic mass is 16.1. The third-order valence-electron chi connectivity index (χ3n) is 6.40. The Morgan fingerprint density at radius 1 is 0.886 bits per heavy atom. The molecule has 1 amide bonds. The van der Waals surface area contributed by atoms with E-state index in [0.29, 0.717) is 0 Å². The Balaban J connectivity index is 1.25. The molecule has 2 N–H and O–H groups in total. The summed E-state index contributed by atoms with van der Waals surface area (Å²) >= 11 is 0. The Bertz CT molecular complexity index is 1720. The van der Waals surface area contributed by atoms with Crippen LogP contribution in [0.5, 0.6) is 0 Å². The second-order valence-corrected chi connectivity index (χ2v) is 8.91. The molecule has 0 spiro atoms. The van der Waals surface area contributed by atoms with Crippen LogP contribution in [0.2, 0.25) is 0 Å². The molecule has 7 heteroatoms. The molecule has 7 nitrogen and oxygen atoms in total. The zero-order valence-corrected chi connectivity index (χ0v) is 19.5. The number of fused-ring (bicyclic) bond motifs is 2. The number of rotatable bonds is 5. The maximum atomic E-state index is 11.5. The van der Waals surface area contributed by atoms with E-state index in [1.807, 2.05) is 30.9 Å². The zero-order valence-electron chi connectivity index (χ0n) is 19.5. The minimum Gasteiger partial charge on any atom is -0.364 e. The van der Waals surface area contributed by atoms with Crippen LogP contribution >= 0.6 is 0 Å². The van der Waals surface area contributed by atoms with E-state index in [1.54, 1.807) is 10.7 Å². The van der Waals surface area contributed by atoms with E-state index >= 15 is 0 Å². The molecule has 0 radical (unpaired) electrons. The molecule has 6 aromatic rings. The van der Waals surface area contributed by atoms with E-state index in [0.717, 1.165) is 45.3 Å². The third kappa shape index (κ3) is 3.77. The van der Waals surface area contributed by atoms with Crippen molar-refractivity contribution < 1.29 is 4.79 Å². The summed E-state index contributed by atoms with van der Waals surface area (Å²) in [5.41, 5.74) is 13.1. The van der Waals surface area contributed by atoms with Crippen LogP contribution in [-0.2, 0) is 13.6 Å². The van der Waals surface area contributed by atoms with Crippen molar-refractivity contribution >= 4 is 27.7 Å². The monoisotopic (exact) mass is 460 g/mol. The van der Waals surface area contributed by atoms with Gasteiger partial charge in [0.15, 0.2) is 5.69 Å². The van der Waals surface area contributed by atoms with E-state index in [4.69, 9.17) is 5.73 Å². The van der Waals surface area contributed by atoms with E-state index in [9.17, 15) is 4.79 Å². The predicted octanol–water partition coefficient (Wildman–Crippen LogP) is 4.84. The van der Waals surface area contributed by atoms with Crippen molar-refractivity contribution in [2.75, 3.05) is 0 Å². The topological polar surface area (TPSA) is 83.7 Å². The Morgan fingerprint density at radius 2 is 1.69 bits per heavy atom. The molecule has 3 heterocycles. The van der Waals surface area contributed by atoms with Crippen molar-refractivity contribution in [2.24, 2.45) is 12.8 Å². The molecular formula is C28H24N6O. The summed E-state index contributed by atoms with van der Waals surface area (Å²) < 4.78 is 5.83. The van der Waals surface area contributed by atoms with Crippen LogP contribution in [0.25, 0.3) is 38.6 Å². The number of carbonyl (C=O) groups is 1. The Morgan fingerprint density at radius 3 is 2.46 bits per heavy atom. The standard InChI is InChI=1S/C28H24N6O/c1-18-13-26(28(29)35)31-34(18)24-9-10-27-22(14-24)11-12-33(27)16-19-3-5-20(6-4-19)21-7-8-23-17-32(2)30-25(23)15-21/h3-15,17H,16H2,1-2H3,(H2,29,35). The molecule has 0 atom stereocenters. The first-order chi connectivity index (χ1) is 16.9. The average Bonchev–Trinajstić information content (AvgIpc) is 3.54.